The number of nitrogens with zero attached hydrogens (tertiary/aromatic N) is 3. The topological polar surface area (TPSA) is 82.1 Å². The van der Waals surface area contributed by atoms with Gasteiger partial charge in [-0.25, -0.2) is 13.8 Å². The van der Waals surface area contributed by atoms with Crippen molar-refractivity contribution in [3.63, 3.8) is 0 Å². The average Bonchev–Trinajstić information content (AvgIpc) is 2.72. The lowest BCUT2D eigenvalue weighted by molar-refractivity contribution is -0.122. The fourth-order valence-electron chi connectivity index (χ4n) is 2.92. The molecule has 0 unspecified atom stereocenters. The van der Waals surface area contributed by atoms with Crippen molar-refractivity contribution in [1.29, 1.82) is 0 Å². The van der Waals surface area contributed by atoms with Gasteiger partial charge in [-0.15, -0.1) is 0 Å². The summed E-state index contributed by atoms with van der Waals surface area (Å²) in [5.74, 6) is -0.298. The van der Waals surface area contributed by atoms with Crippen molar-refractivity contribution in [2.24, 2.45) is 5.10 Å². The molecule has 3 rings (SSSR count). The van der Waals surface area contributed by atoms with Crippen molar-refractivity contribution in [3.8, 4) is 0 Å². The van der Waals surface area contributed by atoms with Crippen LogP contribution in [0.1, 0.15) is 5.56 Å². The number of sulfonamides is 1. The Balaban J connectivity index is 1.49. The Kier molecular flexibility index (Phi) is 7.89. The van der Waals surface area contributed by atoms with Crippen molar-refractivity contribution in [1.82, 2.24) is 14.6 Å². The second-order valence-corrected chi connectivity index (χ2v) is 10.2. The standard InChI is InChI=1S/C19H19BrCl2N4O3S/c20-15-4-6-16(7-5-15)30(28,29)26-10-8-25(9-11-26)13-18(27)24-23-12-14-2-1-3-17(21)19(14)22/h1-7,12H,8-11,13H2,(H,24,27)/b23-12-. The predicted molar refractivity (Wildman–Crippen MR) is 122 cm³/mol. The molecule has 1 saturated heterocycles. The Morgan fingerprint density at radius 2 is 1.77 bits per heavy atom. The molecule has 1 N–H and O–H groups in total. The summed E-state index contributed by atoms with van der Waals surface area (Å²) < 4.78 is 27.7. The lowest BCUT2D eigenvalue weighted by Gasteiger charge is -2.33. The van der Waals surface area contributed by atoms with E-state index in [0.717, 1.165) is 4.47 Å². The van der Waals surface area contributed by atoms with Crippen LogP contribution in [0.15, 0.2) is 56.9 Å². The second-order valence-electron chi connectivity index (χ2n) is 6.57. The van der Waals surface area contributed by atoms with Gasteiger partial charge in [0.2, 0.25) is 10.0 Å². The summed E-state index contributed by atoms with van der Waals surface area (Å²) in [7, 11) is -3.54. The van der Waals surface area contributed by atoms with Gasteiger partial charge in [0, 0.05) is 36.2 Å². The normalized spacial score (nSPS) is 16.1. The Morgan fingerprint density at radius 3 is 2.43 bits per heavy atom. The van der Waals surface area contributed by atoms with Crippen molar-refractivity contribution < 1.29 is 13.2 Å². The third kappa shape index (κ3) is 5.81. The molecule has 30 heavy (non-hydrogen) atoms. The van der Waals surface area contributed by atoms with Crippen molar-refractivity contribution in [3.05, 3.63) is 62.5 Å². The summed E-state index contributed by atoms with van der Waals surface area (Å²) in [5, 5.41) is 4.67. The van der Waals surface area contributed by atoms with Crippen molar-refractivity contribution >= 4 is 61.3 Å². The highest BCUT2D eigenvalue weighted by Gasteiger charge is 2.28. The molecular formula is C19H19BrCl2N4O3S. The van der Waals surface area contributed by atoms with Crippen LogP contribution >= 0.6 is 39.1 Å². The van der Waals surface area contributed by atoms with E-state index in [1.165, 1.54) is 10.5 Å². The van der Waals surface area contributed by atoms with E-state index in [0.29, 0.717) is 41.8 Å². The third-order valence-electron chi connectivity index (χ3n) is 4.52. The van der Waals surface area contributed by atoms with Crippen LogP contribution < -0.4 is 5.43 Å². The van der Waals surface area contributed by atoms with E-state index in [4.69, 9.17) is 23.2 Å². The van der Waals surface area contributed by atoms with Crippen LogP contribution in [0.3, 0.4) is 0 Å². The van der Waals surface area contributed by atoms with E-state index in [1.54, 1.807) is 42.5 Å². The highest BCUT2D eigenvalue weighted by atomic mass is 79.9. The number of hydrogen-bond acceptors (Lipinski definition) is 5. The number of hydrazone groups is 1. The van der Waals surface area contributed by atoms with E-state index in [1.807, 2.05) is 4.90 Å². The fourth-order valence-corrected chi connectivity index (χ4v) is 4.96. The summed E-state index contributed by atoms with van der Waals surface area (Å²) in [4.78, 5) is 14.3. The van der Waals surface area contributed by atoms with E-state index >= 15 is 0 Å². The first-order chi connectivity index (χ1) is 14.3. The molecule has 0 saturated carbocycles. The van der Waals surface area contributed by atoms with Gasteiger partial charge in [-0.3, -0.25) is 9.69 Å². The lowest BCUT2D eigenvalue weighted by atomic mass is 10.2. The molecule has 2 aromatic rings. The molecule has 1 amide bonds. The van der Waals surface area contributed by atoms with Crippen LogP contribution in [0.4, 0.5) is 0 Å². The molecule has 1 aliphatic heterocycles. The van der Waals surface area contributed by atoms with Gasteiger partial charge in [-0.2, -0.15) is 9.41 Å². The Bertz CT molecular complexity index is 1040. The van der Waals surface area contributed by atoms with Crippen LogP contribution in [-0.4, -0.2) is 62.5 Å². The zero-order valence-electron chi connectivity index (χ0n) is 15.8. The van der Waals surface area contributed by atoms with Gasteiger partial charge in [0.25, 0.3) is 5.91 Å². The molecule has 0 spiro atoms. The maximum Gasteiger partial charge on any atom is 0.254 e. The molecule has 1 fully saturated rings. The van der Waals surface area contributed by atoms with E-state index in [2.05, 4.69) is 26.5 Å². The van der Waals surface area contributed by atoms with Crippen LogP contribution in [0.5, 0.6) is 0 Å². The van der Waals surface area contributed by atoms with Gasteiger partial charge in [-0.1, -0.05) is 51.3 Å². The minimum atomic E-state index is -3.54. The first-order valence-corrected chi connectivity index (χ1v) is 12.0. The number of halogens is 3. The minimum absolute atomic E-state index is 0.118. The first-order valence-electron chi connectivity index (χ1n) is 9.01. The van der Waals surface area contributed by atoms with Crippen molar-refractivity contribution in [2.75, 3.05) is 32.7 Å². The average molecular weight is 534 g/mol. The molecule has 0 bridgehead atoms. The molecule has 0 aromatic heterocycles. The van der Waals surface area contributed by atoms with Gasteiger partial charge >= 0.3 is 0 Å². The van der Waals surface area contributed by atoms with Crippen LogP contribution in [-0.2, 0) is 14.8 Å². The molecule has 1 aliphatic rings. The van der Waals surface area contributed by atoms with E-state index in [9.17, 15) is 13.2 Å². The molecule has 1 heterocycles. The SMILES string of the molecule is O=C(CN1CCN(S(=O)(=O)c2ccc(Br)cc2)CC1)N/N=C\c1cccc(Cl)c1Cl. The molecule has 0 aliphatic carbocycles. The third-order valence-corrected chi connectivity index (χ3v) is 7.80. The first kappa shape index (κ1) is 23.2. The zero-order valence-corrected chi connectivity index (χ0v) is 19.7. The summed E-state index contributed by atoms with van der Waals surface area (Å²) in [5.41, 5.74) is 3.04. The maximum absolute atomic E-state index is 12.7. The number of piperazine rings is 1. The van der Waals surface area contributed by atoms with Crippen molar-refractivity contribution in [2.45, 2.75) is 4.90 Å². The summed E-state index contributed by atoms with van der Waals surface area (Å²) in [6.45, 7) is 1.65. The molecular weight excluding hydrogens is 515 g/mol. The van der Waals surface area contributed by atoms with Gasteiger partial charge in [0.1, 0.15) is 0 Å². The molecule has 2 aromatic carbocycles. The van der Waals surface area contributed by atoms with E-state index in [-0.39, 0.29) is 17.3 Å². The number of carbonyl (C=O) groups is 1. The second kappa shape index (κ2) is 10.2. The van der Waals surface area contributed by atoms with E-state index < -0.39 is 10.0 Å². The monoisotopic (exact) mass is 532 g/mol. The number of benzene rings is 2. The smallest absolute Gasteiger partial charge is 0.254 e. The maximum atomic E-state index is 12.7. The molecule has 0 atom stereocenters. The lowest BCUT2D eigenvalue weighted by Crippen LogP contribution is -2.50. The molecule has 0 radical (unpaired) electrons. The van der Waals surface area contributed by atoms with Gasteiger partial charge < -0.3 is 0 Å². The number of carbonyl (C=O) groups excluding carboxylic acids is 1. The summed E-state index contributed by atoms with van der Waals surface area (Å²) in [6.07, 6.45) is 1.43. The molecule has 11 heteroatoms. The summed E-state index contributed by atoms with van der Waals surface area (Å²) >= 11 is 15.3. The summed E-state index contributed by atoms with van der Waals surface area (Å²) in [6, 6.07) is 11.7. The zero-order chi connectivity index (χ0) is 21.7. The van der Waals surface area contributed by atoms with Crippen LogP contribution in [0.2, 0.25) is 10.0 Å². The largest absolute Gasteiger partial charge is 0.292 e. The Morgan fingerprint density at radius 1 is 1.10 bits per heavy atom. The van der Waals surface area contributed by atoms with Crippen LogP contribution in [0, 0.1) is 0 Å². The number of nitrogens with one attached hydrogen (secondary N) is 1. The fraction of sp³-hybridized carbons (Fsp3) is 0.263. The van der Waals surface area contributed by atoms with Gasteiger partial charge in [-0.05, 0) is 30.3 Å². The van der Waals surface area contributed by atoms with Crippen LogP contribution in [0.25, 0.3) is 0 Å². The van der Waals surface area contributed by atoms with Gasteiger partial charge in [0.05, 0.1) is 27.7 Å². The highest BCUT2D eigenvalue weighted by molar-refractivity contribution is 9.10. The Hall–Kier alpha value is -1.49. The number of rotatable bonds is 6. The van der Waals surface area contributed by atoms with Gasteiger partial charge in [0.15, 0.2) is 0 Å². The predicted octanol–water partition coefficient (Wildman–Crippen LogP) is 3.21. The molecule has 7 nitrogen and oxygen atoms in total. The Labute approximate surface area is 193 Å². The number of hydrogen-bond donors (Lipinski definition) is 1. The number of amides is 1. The minimum Gasteiger partial charge on any atom is -0.292 e. The molecule has 160 valence electrons. The quantitative estimate of drug-likeness (QED) is 0.456. The highest BCUT2D eigenvalue weighted by Crippen LogP contribution is 2.24.